The second-order valence-electron chi connectivity index (χ2n) is 5.19. The molecule has 0 heterocycles. The van der Waals surface area contributed by atoms with Crippen molar-refractivity contribution in [3.8, 4) is 0 Å². The summed E-state index contributed by atoms with van der Waals surface area (Å²) in [7, 11) is 0. The molecular weight excluding hydrogens is 282 g/mol. The fraction of sp³-hybridized carbons (Fsp3) is 0.250. The molecule has 0 aromatic heterocycles. The quantitative estimate of drug-likeness (QED) is 0.898. The van der Waals surface area contributed by atoms with Gasteiger partial charge in [0.2, 0.25) is 0 Å². The molecule has 0 aliphatic rings. The molecule has 1 atom stereocenters. The molecule has 0 saturated heterocycles. The van der Waals surface area contributed by atoms with Gasteiger partial charge in [0, 0.05) is 12.8 Å². The van der Waals surface area contributed by atoms with Gasteiger partial charge in [-0.2, -0.15) is 0 Å². The van der Waals surface area contributed by atoms with Gasteiger partial charge in [-0.05, 0) is 36.2 Å². The molecule has 1 N–H and O–H groups in total. The van der Waals surface area contributed by atoms with E-state index in [1.165, 1.54) is 18.2 Å². The van der Waals surface area contributed by atoms with Crippen LogP contribution in [0.25, 0.3) is 0 Å². The molecule has 20 heavy (non-hydrogen) atoms. The highest BCUT2D eigenvalue weighted by atomic mass is 35.5. The summed E-state index contributed by atoms with van der Waals surface area (Å²) < 4.78 is 27.0. The lowest BCUT2D eigenvalue weighted by atomic mass is 9.89. The fourth-order valence-electron chi connectivity index (χ4n) is 2.20. The molecule has 0 aliphatic carbocycles. The van der Waals surface area contributed by atoms with Crippen LogP contribution in [-0.2, 0) is 12.8 Å². The minimum atomic E-state index is -1.16. The van der Waals surface area contributed by atoms with Crippen LogP contribution in [0.3, 0.4) is 0 Å². The Labute approximate surface area is 121 Å². The first-order chi connectivity index (χ1) is 9.37. The van der Waals surface area contributed by atoms with Crippen molar-refractivity contribution in [3.05, 3.63) is 70.2 Å². The van der Waals surface area contributed by atoms with Crippen LogP contribution in [0.4, 0.5) is 8.78 Å². The molecule has 106 valence electrons. The van der Waals surface area contributed by atoms with Crippen LogP contribution in [0.15, 0.2) is 42.5 Å². The SMILES string of the molecule is CC(O)(Cc1ccc(Cl)c(F)c1)Cc1ccccc1F. The molecule has 2 aromatic rings. The van der Waals surface area contributed by atoms with Crippen molar-refractivity contribution in [1.29, 1.82) is 0 Å². The Kier molecular flexibility index (Phi) is 4.41. The number of hydrogen-bond acceptors (Lipinski definition) is 1. The van der Waals surface area contributed by atoms with Crippen LogP contribution in [0.2, 0.25) is 5.02 Å². The van der Waals surface area contributed by atoms with Gasteiger partial charge in [0.05, 0.1) is 10.6 Å². The highest BCUT2D eigenvalue weighted by molar-refractivity contribution is 6.30. The van der Waals surface area contributed by atoms with E-state index >= 15 is 0 Å². The largest absolute Gasteiger partial charge is 0.389 e. The van der Waals surface area contributed by atoms with Crippen molar-refractivity contribution in [1.82, 2.24) is 0 Å². The maximum atomic E-state index is 13.6. The Morgan fingerprint density at radius 1 is 1.05 bits per heavy atom. The molecule has 0 fully saturated rings. The summed E-state index contributed by atoms with van der Waals surface area (Å²) in [6.07, 6.45) is 0.374. The molecule has 2 rings (SSSR count). The van der Waals surface area contributed by atoms with Gasteiger partial charge in [-0.1, -0.05) is 35.9 Å². The van der Waals surface area contributed by atoms with E-state index in [4.69, 9.17) is 11.6 Å². The third kappa shape index (κ3) is 3.78. The summed E-state index contributed by atoms with van der Waals surface area (Å²) in [5, 5.41) is 10.4. The predicted molar refractivity (Wildman–Crippen MR) is 75.8 cm³/mol. The summed E-state index contributed by atoms with van der Waals surface area (Å²) >= 11 is 5.62. The molecule has 2 aromatic carbocycles. The standard InChI is InChI=1S/C16H15ClF2O/c1-16(20,10-12-4-2-3-5-14(12)18)9-11-6-7-13(17)15(19)8-11/h2-8,20H,9-10H2,1H3. The number of hydrogen-bond donors (Lipinski definition) is 1. The molecular formula is C16H15ClF2O. The van der Waals surface area contributed by atoms with Crippen LogP contribution >= 0.6 is 11.6 Å². The van der Waals surface area contributed by atoms with Crippen LogP contribution in [0, 0.1) is 11.6 Å². The second kappa shape index (κ2) is 5.90. The van der Waals surface area contributed by atoms with Crippen molar-refractivity contribution in [2.24, 2.45) is 0 Å². The summed E-state index contributed by atoms with van der Waals surface area (Å²) in [6, 6.07) is 10.7. The lowest BCUT2D eigenvalue weighted by molar-refractivity contribution is 0.0599. The first-order valence-electron chi connectivity index (χ1n) is 6.27. The van der Waals surface area contributed by atoms with Gasteiger partial charge >= 0.3 is 0 Å². The lowest BCUT2D eigenvalue weighted by Gasteiger charge is -2.24. The Bertz CT molecular complexity index is 611. The van der Waals surface area contributed by atoms with Gasteiger partial charge in [-0.3, -0.25) is 0 Å². The first-order valence-corrected chi connectivity index (χ1v) is 6.65. The third-order valence-electron chi connectivity index (χ3n) is 3.10. The molecule has 0 amide bonds. The summed E-state index contributed by atoms with van der Waals surface area (Å²) in [5.41, 5.74) is -0.109. The first kappa shape index (κ1) is 14.9. The average Bonchev–Trinajstić information content (AvgIpc) is 2.36. The zero-order chi connectivity index (χ0) is 14.8. The number of halogens is 3. The third-order valence-corrected chi connectivity index (χ3v) is 3.40. The van der Waals surface area contributed by atoms with E-state index in [0.29, 0.717) is 11.1 Å². The van der Waals surface area contributed by atoms with Crippen molar-refractivity contribution in [2.75, 3.05) is 0 Å². The van der Waals surface area contributed by atoms with E-state index in [0.717, 1.165) is 0 Å². The Hall–Kier alpha value is -1.45. The van der Waals surface area contributed by atoms with Crippen molar-refractivity contribution in [3.63, 3.8) is 0 Å². The zero-order valence-corrected chi connectivity index (χ0v) is 11.8. The molecule has 0 radical (unpaired) electrons. The Morgan fingerprint density at radius 2 is 1.75 bits per heavy atom. The van der Waals surface area contributed by atoms with Crippen LogP contribution in [-0.4, -0.2) is 10.7 Å². The lowest BCUT2D eigenvalue weighted by Crippen LogP contribution is -2.30. The molecule has 0 saturated carbocycles. The van der Waals surface area contributed by atoms with Crippen molar-refractivity contribution < 1.29 is 13.9 Å². The Morgan fingerprint density at radius 3 is 2.40 bits per heavy atom. The van der Waals surface area contributed by atoms with Crippen LogP contribution in [0.5, 0.6) is 0 Å². The van der Waals surface area contributed by atoms with E-state index in [2.05, 4.69) is 0 Å². The minimum absolute atomic E-state index is 0.0440. The monoisotopic (exact) mass is 296 g/mol. The number of rotatable bonds is 4. The van der Waals surface area contributed by atoms with Gasteiger partial charge in [0.25, 0.3) is 0 Å². The van der Waals surface area contributed by atoms with Crippen LogP contribution in [0.1, 0.15) is 18.1 Å². The molecule has 0 bridgehead atoms. The van der Waals surface area contributed by atoms with Gasteiger partial charge in [-0.15, -0.1) is 0 Å². The zero-order valence-electron chi connectivity index (χ0n) is 11.0. The molecule has 1 nitrogen and oxygen atoms in total. The topological polar surface area (TPSA) is 20.2 Å². The normalized spacial score (nSPS) is 14.1. The average molecular weight is 297 g/mol. The highest BCUT2D eigenvalue weighted by Gasteiger charge is 2.23. The van der Waals surface area contributed by atoms with Crippen molar-refractivity contribution >= 4 is 11.6 Å². The van der Waals surface area contributed by atoms with E-state index in [1.807, 2.05) is 0 Å². The molecule has 0 aliphatic heterocycles. The van der Waals surface area contributed by atoms with E-state index in [1.54, 1.807) is 31.2 Å². The van der Waals surface area contributed by atoms with Crippen LogP contribution < -0.4 is 0 Å². The summed E-state index contributed by atoms with van der Waals surface area (Å²) in [5.74, 6) is -0.874. The van der Waals surface area contributed by atoms with Gasteiger partial charge in [0.15, 0.2) is 0 Å². The van der Waals surface area contributed by atoms with Gasteiger partial charge in [-0.25, -0.2) is 8.78 Å². The molecule has 4 heteroatoms. The fourth-order valence-corrected chi connectivity index (χ4v) is 2.32. The smallest absolute Gasteiger partial charge is 0.142 e. The van der Waals surface area contributed by atoms with Crippen molar-refractivity contribution in [2.45, 2.75) is 25.4 Å². The molecule has 0 spiro atoms. The van der Waals surface area contributed by atoms with E-state index < -0.39 is 11.4 Å². The second-order valence-corrected chi connectivity index (χ2v) is 5.60. The summed E-state index contributed by atoms with van der Waals surface area (Å²) in [4.78, 5) is 0. The molecule has 1 unspecified atom stereocenters. The summed E-state index contributed by atoms with van der Waals surface area (Å²) in [6.45, 7) is 1.60. The van der Waals surface area contributed by atoms with Gasteiger partial charge < -0.3 is 5.11 Å². The van der Waals surface area contributed by atoms with E-state index in [-0.39, 0.29) is 23.7 Å². The number of benzene rings is 2. The highest BCUT2D eigenvalue weighted by Crippen LogP contribution is 2.23. The minimum Gasteiger partial charge on any atom is -0.389 e. The Balaban J connectivity index is 2.14. The predicted octanol–water partition coefficient (Wildman–Crippen LogP) is 4.15. The number of aliphatic hydroxyl groups is 1. The maximum absolute atomic E-state index is 13.6. The van der Waals surface area contributed by atoms with E-state index in [9.17, 15) is 13.9 Å². The van der Waals surface area contributed by atoms with Gasteiger partial charge in [0.1, 0.15) is 11.6 Å². The maximum Gasteiger partial charge on any atom is 0.142 e.